The number of aliphatic carboxylic acids is 1. The van der Waals surface area contributed by atoms with Gasteiger partial charge in [-0.3, -0.25) is 10.1 Å². The first-order chi connectivity index (χ1) is 14.9. The first-order valence-corrected chi connectivity index (χ1v) is 10.9. The van der Waals surface area contributed by atoms with E-state index in [1.807, 2.05) is 0 Å². The number of rotatable bonds is 15. The standard InChI is InChI=1S/C22H36N2O7/c1-29-19-9-10-20(21(13-19)30-2)31-15-18(25)11-12-24(28)16-23-14-17(24)7-5-3-4-6-8-22(26)27/h9-10,13,17-18,23,25H,3-8,11-12,14-16H2,1-2H3,(H,26,27). The fourth-order valence-corrected chi connectivity index (χ4v) is 3.86. The molecular formula is C22H36N2O7. The molecule has 1 aliphatic heterocycles. The van der Waals surface area contributed by atoms with Crippen LogP contribution in [0.5, 0.6) is 17.2 Å². The number of methoxy groups -OCH3 is 2. The Kier molecular flexibility index (Phi) is 10.3. The summed E-state index contributed by atoms with van der Waals surface area (Å²) >= 11 is 0. The van der Waals surface area contributed by atoms with Crippen LogP contribution in [0.15, 0.2) is 18.2 Å². The molecule has 3 N–H and O–H groups in total. The van der Waals surface area contributed by atoms with Crippen LogP contribution in [-0.4, -0.2) is 73.6 Å². The van der Waals surface area contributed by atoms with E-state index in [4.69, 9.17) is 19.3 Å². The number of nitrogens with zero attached hydrogens (tertiary/aromatic N) is 1. The third-order valence-corrected chi connectivity index (χ3v) is 5.75. The van der Waals surface area contributed by atoms with Gasteiger partial charge in [0.1, 0.15) is 25.1 Å². The number of hydrogen-bond donors (Lipinski definition) is 3. The van der Waals surface area contributed by atoms with Crippen molar-refractivity contribution >= 4 is 5.97 Å². The zero-order valence-corrected chi connectivity index (χ0v) is 18.5. The molecule has 1 aromatic carbocycles. The van der Waals surface area contributed by atoms with E-state index < -0.39 is 12.1 Å². The molecule has 0 saturated carbocycles. The molecule has 0 amide bonds. The Morgan fingerprint density at radius 3 is 2.71 bits per heavy atom. The average molecular weight is 441 g/mol. The zero-order valence-electron chi connectivity index (χ0n) is 18.5. The minimum atomic E-state index is -0.761. The van der Waals surface area contributed by atoms with E-state index in [1.54, 1.807) is 25.3 Å². The van der Waals surface area contributed by atoms with Gasteiger partial charge in [-0.25, -0.2) is 0 Å². The van der Waals surface area contributed by atoms with Crippen LogP contribution in [0.25, 0.3) is 0 Å². The van der Waals surface area contributed by atoms with Gasteiger partial charge >= 0.3 is 5.97 Å². The number of carboxylic acids is 1. The molecule has 1 fully saturated rings. The Labute approximate surface area is 184 Å². The predicted octanol–water partition coefficient (Wildman–Crippen LogP) is 2.50. The molecule has 1 saturated heterocycles. The summed E-state index contributed by atoms with van der Waals surface area (Å²) in [5.41, 5.74) is 0. The highest BCUT2D eigenvalue weighted by atomic mass is 16.6. The zero-order chi connectivity index (χ0) is 22.7. The van der Waals surface area contributed by atoms with Gasteiger partial charge in [-0.2, -0.15) is 0 Å². The van der Waals surface area contributed by atoms with E-state index in [-0.39, 0.29) is 23.7 Å². The number of hydrogen-bond acceptors (Lipinski definition) is 7. The maximum Gasteiger partial charge on any atom is 0.303 e. The van der Waals surface area contributed by atoms with Gasteiger partial charge in [0.05, 0.1) is 33.4 Å². The molecule has 0 spiro atoms. The summed E-state index contributed by atoms with van der Waals surface area (Å²) in [7, 11) is 3.11. The lowest BCUT2D eigenvalue weighted by atomic mass is 10.1. The van der Waals surface area contributed by atoms with Crippen LogP contribution in [0, 0.1) is 5.21 Å². The fraction of sp³-hybridized carbons (Fsp3) is 0.682. The third-order valence-electron chi connectivity index (χ3n) is 5.75. The maximum absolute atomic E-state index is 13.2. The lowest BCUT2D eigenvalue weighted by molar-refractivity contribution is -0.893. The Morgan fingerprint density at radius 1 is 1.23 bits per heavy atom. The number of benzene rings is 1. The van der Waals surface area contributed by atoms with Gasteiger partial charge in [0, 0.05) is 25.3 Å². The van der Waals surface area contributed by atoms with Crippen LogP contribution in [0.3, 0.4) is 0 Å². The highest BCUT2D eigenvalue weighted by molar-refractivity contribution is 5.66. The van der Waals surface area contributed by atoms with Crippen LogP contribution in [0.2, 0.25) is 0 Å². The Hall–Kier alpha value is -2.07. The Morgan fingerprint density at radius 2 is 2.00 bits per heavy atom. The first kappa shape index (κ1) is 25.2. The average Bonchev–Trinajstić information content (AvgIpc) is 3.13. The quantitative estimate of drug-likeness (QED) is 0.216. The van der Waals surface area contributed by atoms with E-state index in [1.165, 1.54) is 7.11 Å². The molecule has 1 aromatic rings. The van der Waals surface area contributed by atoms with Gasteiger partial charge in [-0.15, -0.1) is 0 Å². The van der Waals surface area contributed by atoms with Crippen molar-refractivity contribution in [2.45, 2.75) is 57.1 Å². The van der Waals surface area contributed by atoms with E-state index in [0.717, 1.165) is 25.7 Å². The number of carbonyl (C=O) groups is 1. The molecule has 9 nitrogen and oxygen atoms in total. The Balaban J connectivity index is 1.73. The molecule has 3 atom stereocenters. The lowest BCUT2D eigenvalue weighted by Crippen LogP contribution is -2.49. The number of aliphatic hydroxyl groups is 1. The van der Waals surface area contributed by atoms with Crippen molar-refractivity contribution in [3.05, 3.63) is 23.4 Å². The third kappa shape index (κ3) is 8.17. The van der Waals surface area contributed by atoms with Gasteiger partial charge in [0.25, 0.3) is 0 Å². The van der Waals surface area contributed by atoms with E-state index >= 15 is 0 Å². The second-order valence-electron chi connectivity index (χ2n) is 8.06. The first-order valence-electron chi connectivity index (χ1n) is 10.9. The summed E-state index contributed by atoms with van der Waals surface area (Å²) in [6.45, 7) is 1.42. The number of nitrogens with one attached hydrogen (secondary N) is 1. The second kappa shape index (κ2) is 12.7. The van der Waals surface area contributed by atoms with Gasteiger partial charge in [-0.05, 0) is 25.0 Å². The number of carboxylic acid groups (broad SMARTS) is 1. The number of ether oxygens (including phenoxy) is 3. The van der Waals surface area contributed by atoms with Crippen molar-refractivity contribution in [2.75, 3.05) is 40.6 Å². The van der Waals surface area contributed by atoms with Gasteiger partial charge in [0.15, 0.2) is 11.5 Å². The monoisotopic (exact) mass is 440 g/mol. The number of quaternary nitrogens is 1. The van der Waals surface area contributed by atoms with Crippen molar-refractivity contribution in [3.8, 4) is 17.2 Å². The van der Waals surface area contributed by atoms with Crippen LogP contribution < -0.4 is 19.5 Å². The van der Waals surface area contributed by atoms with Crippen molar-refractivity contribution in [2.24, 2.45) is 0 Å². The largest absolute Gasteiger partial charge is 0.632 e. The molecule has 0 aromatic heterocycles. The summed E-state index contributed by atoms with van der Waals surface area (Å²) in [6, 6.07) is 5.16. The van der Waals surface area contributed by atoms with Crippen molar-refractivity contribution < 1.29 is 33.9 Å². The predicted molar refractivity (Wildman–Crippen MR) is 116 cm³/mol. The van der Waals surface area contributed by atoms with Crippen molar-refractivity contribution in [3.63, 3.8) is 0 Å². The van der Waals surface area contributed by atoms with Crippen LogP contribution in [0.1, 0.15) is 44.9 Å². The minimum Gasteiger partial charge on any atom is -0.632 e. The second-order valence-corrected chi connectivity index (χ2v) is 8.06. The molecule has 9 heteroatoms. The van der Waals surface area contributed by atoms with Crippen molar-refractivity contribution in [1.29, 1.82) is 0 Å². The summed E-state index contributed by atoms with van der Waals surface area (Å²) in [5, 5.41) is 35.4. The highest BCUT2D eigenvalue weighted by Gasteiger charge is 2.34. The van der Waals surface area contributed by atoms with Gasteiger partial charge in [-0.1, -0.05) is 12.8 Å². The fourth-order valence-electron chi connectivity index (χ4n) is 3.86. The van der Waals surface area contributed by atoms with Gasteiger partial charge < -0.3 is 34.3 Å². The molecule has 0 radical (unpaired) electrons. The maximum atomic E-state index is 13.2. The number of hydroxylamine groups is 3. The van der Waals surface area contributed by atoms with Crippen LogP contribution >= 0.6 is 0 Å². The normalized spacial score (nSPS) is 21.6. The molecule has 1 heterocycles. The van der Waals surface area contributed by atoms with Crippen LogP contribution in [-0.2, 0) is 4.79 Å². The summed E-state index contributed by atoms with van der Waals surface area (Å²) in [4.78, 5) is 10.5. The number of unbranched alkanes of at least 4 members (excludes halogenated alkanes) is 3. The summed E-state index contributed by atoms with van der Waals surface area (Å²) in [5.74, 6) is 0.920. The highest BCUT2D eigenvalue weighted by Crippen LogP contribution is 2.31. The van der Waals surface area contributed by atoms with E-state index in [2.05, 4.69) is 5.32 Å². The number of aliphatic hydroxyl groups excluding tert-OH is 1. The molecule has 0 aliphatic carbocycles. The lowest BCUT2D eigenvalue weighted by Gasteiger charge is -2.43. The molecule has 0 bridgehead atoms. The molecule has 3 unspecified atom stereocenters. The Bertz CT molecular complexity index is 688. The molecule has 176 valence electrons. The topological polar surface area (TPSA) is 120 Å². The van der Waals surface area contributed by atoms with Crippen molar-refractivity contribution in [1.82, 2.24) is 5.32 Å². The summed E-state index contributed by atoms with van der Waals surface area (Å²) < 4.78 is 15.8. The van der Waals surface area contributed by atoms with Gasteiger partial charge in [0.2, 0.25) is 0 Å². The molecule has 1 aliphatic rings. The minimum absolute atomic E-state index is 0.0331. The van der Waals surface area contributed by atoms with E-state index in [9.17, 15) is 15.1 Å². The molecular weight excluding hydrogens is 404 g/mol. The van der Waals surface area contributed by atoms with Crippen LogP contribution in [0.4, 0.5) is 0 Å². The molecule has 31 heavy (non-hydrogen) atoms. The SMILES string of the molecule is COc1ccc(OCC(O)CC[N+]2([O-])CNCC2CCCCCCC(=O)O)c(OC)c1. The van der Waals surface area contributed by atoms with E-state index in [0.29, 0.717) is 49.8 Å². The smallest absolute Gasteiger partial charge is 0.303 e. The molecule has 2 rings (SSSR count). The summed E-state index contributed by atoms with van der Waals surface area (Å²) in [6.07, 6.45) is 4.00.